The van der Waals surface area contributed by atoms with E-state index in [1.807, 2.05) is 12.1 Å². The number of hydrogen-bond acceptors (Lipinski definition) is 1. The topological polar surface area (TPSA) is 17.1 Å². The first-order chi connectivity index (χ1) is 6.83. The van der Waals surface area contributed by atoms with Gasteiger partial charge in [-0.1, -0.05) is 25.0 Å². The molecule has 74 valence electrons. The Morgan fingerprint density at radius 1 is 1.29 bits per heavy atom. The van der Waals surface area contributed by atoms with Crippen LogP contribution in [0.4, 0.5) is 0 Å². The third kappa shape index (κ3) is 1.85. The minimum atomic E-state index is 0.628. The Kier molecular flexibility index (Phi) is 3.21. The van der Waals surface area contributed by atoms with E-state index in [1.165, 1.54) is 34.8 Å². The van der Waals surface area contributed by atoms with E-state index in [0.717, 1.165) is 11.8 Å². The molecule has 0 saturated heterocycles. The molecule has 0 aliphatic heterocycles. The molecule has 1 aromatic rings. The van der Waals surface area contributed by atoms with Gasteiger partial charge >= 0.3 is 0 Å². The van der Waals surface area contributed by atoms with Crippen LogP contribution in [0.15, 0.2) is 18.2 Å². The molecular formula is C12H13IO. The van der Waals surface area contributed by atoms with Crippen molar-refractivity contribution >= 4 is 28.9 Å². The van der Waals surface area contributed by atoms with Gasteiger partial charge in [0, 0.05) is 9.13 Å². The average molecular weight is 300 g/mol. The zero-order valence-corrected chi connectivity index (χ0v) is 10.2. The molecule has 0 amide bonds. The van der Waals surface area contributed by atoms with E-state index in [2.05, 4.69) is 28.7 Å². The monoisotopic (exact) mass is 300 g/mol. The Bertz CT molecular complexity index is 340. The van der Waals surface area contributed by atoms with Crippen LogP contribution in [-0.4, -0.2) is 6.29 Å². The van der Waals surface area contributed by atoms with E-state index < -0.39 is 0 Å². The third-order valence-corrected chi connectivity index (χ3v) is 3.92. The summed E-state index contributed by atoms with van der Waals surface area (Å²) in [6.45, 7) is 0. The van der Waals surface area contributed by atoms with Crippen molar-refractivity contribution in [3.63, 3.8) is 0 Å². The van der Waals surface area contributed by atoms with Gasteiger partial charge < -0.3 is 0 Å². The zero-order chi connectivity index (χ0) is 9.97. The number of rotatable bonds is 2. The zero-order valence-electron chi connectivity index (χ0n) is 8.00. The first kappa shape index (κ1) is 10.1. The maximum absolute atomic E-state index is 10.9. The fraction of sp³-hybridized carbons (Fsp3) is 0.417. The highest BCUT2D eigenvalue weighted by Gasteiger charge is 2.21. The highest BCUT2D eigenvalue weighted by atomic mass is 127. The Balaban J connectivity index is 2.42. The van der Waals surface area contributed by atoms with Crippen molar-refractivity contribution in [1.82, 2.24) is 0 Å². The molecule has 1 aromatic carbocycles. The predicted octanol–water partition coefficient (Wildman–Crippen LogP) is 3.76. The maximum Gasteiger partial charge on any atom is 0.150 e. The van der Waals surface area contributed by atoms with E-state index in [0.29, 0.717) is 5.92 Å². The van der Waals surface area contributed by atoms with Gasteiger partial charge in [-0.3, -0.25) is 4.79 Å². The van der Waals surface area contributed by atoms with Crippen LogP contribution in [0.3, 0.4) is 0 Å². The first-order valence-electron chi connectivity index (χ1n) is 5.06. The van der Waals surface area contributed by atoms with Crippen molar-refractivity contribution in [2.24, 2.45) is 0 Å². The quantitative estimate of drug-likeness (QED) is 0.600. The molecule has 1 aliphatic rings. The summed E-state index contributed by atoms with van der Waals surface area (Å²) in [5.74, 6) is 0.628. The number of halogens is 1. The van der Waals surface area contributed by atoms with Gasteiger partial charge in [-0.15, -0.1) is 0 Å². The Morgan fingerprint density at radius 2 is 2.00 bits per heavy atom. The summed E-state index contributed by atoms with van der Waals surface area (Å²) < 4.78 is 1.25. The molecular weight excluding hydrogens is 287 g/mol. The first-order valence-corrected chi connectivity index (χ1v) is 6.14. The van der Waals surface area contributed by atoms with Crippen LogP contribution >= 0.6 is 22.6 Å². The average Bonchev–Trinajstić information content (AvgIpc) is 2.70. The van der Waals surface area contributed by atoms with Gasteiger partial charge in [-0.05, 0) is 53.0 Å². The number of carbonyl (C=O) groups excluding carboxylic acids is 1. The van der Waals surface area contributed by atoms with Crippen LogP contribution < -0.4 is 0 Å². The fourth-order valence-electron chi connectivity index (χ4n) is 2.30. The van der Waals surface area contributed by atoms with Crippen molar-refractivity contribution in [2.45, 2.75) is 31.6 Å². The van der Waals surface area contributed by atoms with Gasteiger partial charge in [0.05, 0.1) is 0 Å². The molecule has 0 N–H and O–H groups in total. The van der Waals surface area contributed by atoms with E-state index in [-0.39, 0.29) is 0 Å². The van der Waals surface area contributed by atoms with Gasteiger partial charge in [-0.25, -0.2) is 0 Å². The Hall–Kier alpha value is -0.380. The van der Waals surface area contributed by atoms with E-state index in [1.54, 1.807) is 0 Å². The van der Waals surface area contributed by atoms with Crippen molar-refractivity contribution < 1.29 is 4.79 Å². The summed E-state index contributed by atoms with van der Waals surface area (Å²) in [4.78, 5) is 10.9. The lowest BCUT2D eigenvalue weighted by Gasteiger charge is -2.14. The molecule has 0 bridgehead atoms. The molecule has 0 aromatic heterocycles. The van der Waals surface area contributed by atoms with Gasteiger partial charge in [-0.2, -0.15) is 0 Å². The second-order valence-electron chi connectivity index (χ2n) is 3.84. The van der Waals surface area contributed by atoms with E-state index in [9.17, 15) is 4.79 Å². The van der Waals surface area contributed by atoms with Crippen LogP contribution in [0.2, 0.25) is 0 Å². The summed E-state index contributed by atoms with van der Waals surface area (Å²) in [6, 6.07) is 5.99. The molecule has 1 nitrogen and oxygen atoms in total. The second kappa shape index (κ2) is 4.43. The van der Waals surface area contributed by atoms with E-state index >= 15 is 0 Å². The molecule has 0 radical (unpaired) electrons. The Labute approximate surface area is 98.0 Å². The number of carbonyl (C=O) groups is 1. The largest absolute Gasteiger partial charge is 0.298 e. The highest BCUT2D eigenvalue weighted by molar-refractivity contribution is 14.1. The molecule has 2 heteroatoms. The minimum Gasteiger partial charge on any atom is -0.298 e. The molecule has 1 aliphatic carbocycles. The molecule has 0 atom stereocenters. The molecule has 0 unspecified atom stereocenters. The van der Waals surface area contributed by atoms with Crippen LogP contribution in [0.5, 0.6) is 0 Å². The summed E-state index contributed by atoms with van der Waals surface area (Å²) in [5, 5.41) is 0. The summed E-state index contributed by atoms with van der Waals surface area (Å²) in [6.07, 6.45) is 6.12. The molecule has 2 rings (SSSR count). The maximum atomic E-state index is 10.9. The summed E-state index contributed by atoms with van der Waals surface area (Å²) in [5.41, 5.74) is 2.18. The van der Waals surface area contributed by atoms with Crippen molar-refractivity contribution in [3.8, 4) is 0 Å². The van der Waals surface area contributed by atoms with Crippen LogP contribution in [0.1, 0.15) is 47.5 Å². The Morgan fingerprint density at radius 3 is 2.64 bits per heavy atom. The number of hydrogen-bond donors (Lipinski definition) is 0. The molecule has 0 heterocycles. The second-order valence-corrected chi connectivity index (χ2v) is 5.00. The van der Waals surface area contributed by atoms with Crippen molar-refractivity contribution in [2.75, 3.05) is 0 Å². The van der Waals surface area contributed by atoms with Crippen molar-refractivity contribution in [3.05, 3.63) is 32.9 Å². The van der Waals surface area contributed by atoms with Gasteiger partial charge in [0.15, 0.2) is 0 Å². The van der Waals surface area contributed by atoms with E-state index in [4.69, 9.17) is 0 Å². The lowest BCUT2D eigenvalue weighted by Crippen LogP contribution is -2.01. The van der Waals surface area contributed by atoms with Gasteiger partial charge in [0.2, 0.25) is 0 Å². The lowest BCUT2D eigenvalue weighted by atomic mass is 9.93. The van der Waals surface area contributed by atoms with Crippen LogP contribution in [0.25, 0.3) is 0 Å². The standard InChI is InChI=1S/C12H13IO/c13-11-7-3-6-10(8-14)12(11)9-4-1-2-5-9/h3,6-9H,1-2,4-5H2. The van der Waals surface area contributed by atoms with Crippen LogP contribution in [0, 0.1) is 3.57 Å². The van der Waals surface area contributed by atoms with Gasteiger partial charge in [0.1, 0.15) is 6.29 Å². The lowest BCUT2D eigenvalue weighted by molar-refractivity contribution is 0.112. The number of benzene rings is 1. The number of aldehydes is 1. The predicted molar refractivity (Wildman–Crippen MR) is 65.8 cm³/mol. The third-order valence-electron chi connectivity index (χ3n) is 2.98. The SMILES string of the molecule is O=Cc1cccc(I)c1C1CCCC1. The summed E-state index contributed by atoms with van der Waals surface area (Å²) in [7, 11) is 0. The smallest absolute Gasteiger partial charge is 0.150 e. The molecule has 0 spiro atoms. The molecule has 1 saturated carbocycles. The normalized spacial score (nSPS) is 17.2. The molecule has 14 heavy (non-hydrogen) atoms. The van der Waals surface area contributed by atoms with Gasteiger partial charge in [0.25, 0.3) is 0 Å². The van der Waals surface area contributed by atoms with Crippen LogP contribution in [-0.2, 0) is 0 Å². The summed E-state index contributed by atoms with van der Waals surface area (Å²) >= 11 is 2.34. The molecule has 1 fully saturated rings. The fourth-order valence-corrected chi connectivity index (χ4v) is 3.26. The highest BCUT2D eigenvalue weighted by Crippen LogP contribution is 2.37. The van der Waals surface area contributed by atoms with Crippen molar-refractivity contribution in [1.29, 1.82) is 0 Å². The minimum absolute atomic E-state index is 0.628.